The van der Waals surface area contributed by atoms with Crippen molar-refractivity contribution in [2.45, 2.75) is 6.92 Å². The molecule has 0 spiro atoms. The van der Waals surface area contributed by atoms with E-state index in [1.54, 1.807) is 19.1 Å². The van der Waals surface area contributed by atoms with Crippen LogP contribution in [0, 0.1) is 0 Å². The van der Waals surface area contributed by atoms with Crippen molar-refractivity contribution in [1.82, 2.24) is 0 Å². The zero-order valence-electron chi connectivity index (χ0n) is 12.7. The van der Waals surface area contributed by atoms with Gasteiger partial charge in [-0.1, -0.05) is 48.5 Å². The van der Waals surface area contributed by atoms with E-state index < -0.39 is 8.25 Å². The molecule has 0 radical (unpaired) electrons. The Hall–Kier alpha value is -1.29. The normalized spacial score (nSPS) is 11.7. The van der Waals surface area contributed by atoms with Gasteiger partial charge in [0.2, 0.25) is 0 Å². The van der Waals surface area contributed by atoms with Gasteiger partial charge >= 0.3 is 37.8 Å². The van der Waals surface area contributed by atoms with Crippen LogP contribution in [-0.4, -0.2) is 41.3 Å². The molecule has 3 rings (SSSR count). The van der Waals surface area contributed by atoms with Gasteiger partial charge in [0.1, 0.15) is 0 Å². The maximum absolute atomic E-state index is 11.5. The zero-order valence-corrected chi connectivity index (χ0v) is 13.7. The van der Waals surface area contributed by atoms with E-state index in [2.05, 4.69) is 0 Å². The van der Waals surface area contributed by atoms with Gasteiger partial charge in [-0.3, -0.25) is 0 Å². The Labute approximate surface area is 163 Å². The second kappa shape index (κ2) is 8.70. The third-order valence-corrected chi connectivity index (χ3v) is 4.43. The fourth-order valence-corrected chi connectivity index (χ4v) is 3.13. The van der Waals surface area contributed by atoms with E-state index in [1.807, 2.05) is 48.5 Å². The quantitative estimate of drug-likeness (QED) is 0.547. The minimum atomic E-state index is -2.64. The van der Waals surface area contributed by atoms with Crippen LogP contribution in [0.25, 0.3) is 21.9 Å². The van der Waals surface area contributed by atoms with Crippen molar-refractivity contribution in [1.29, 1.82) is 0 Å². The van der Waals surface area contributed by atoms with Crippen LogP contribution in [0.15, 0.2) is 60.7 Å². The molecule has 0 saturated heterocycles. The van der Waals surface area contributed by atoms with Crippen molar-refractivity contribution in [2.24, 2.45) is 0 Å². The van der Waals surface area contributed by atoms with E-state index >= 15 is 0 Å². The Balaban J connectivity index is 0.00000208. The summed E-state index contributed by atoms with van der Waals surface area (Å²) in [7, 11) is -2.64. The monoisotopic (exact) mass is 352 g/mol. The Kier molecular flexibility index (Phi) is 6.90. The molecule has 0 fully saturated rings. The summed E-state index contributed by atoms with van der Waals surface area (Å²) in [5.74, 6) is 0.0970. The van der Waals surface area contributed by atoms with Crippen molar-refractivity contribution < 1.29 is 18.7 Å². The fraction of sp³-hybridized carbons (Fsp3) is 0.111. The van der Waals surface area contributed by atoms with Crippen molar-refractivity contribution >= 4 is 48.6 Å². The summed E-state index contributed by atoms with van der Waals surface area (Å²) in [5, 5.41) is 12.4. The van der Waals surface area contributed by atoms with Gasteiger partial charge in [0.05, 0.1) is 6.61 Å². The van der Waals surface area contributed by atoms with Crippen LogP contribution in [0.5, 0.6) is 11.5 Å². The van der Waals surface area contributed by atoms with Crippen molar-refractivity contribution in [2.75, 3.05) is 6.61 Å². The van der Waals surface area contributed by atoms with Crippen LogP contribution in [-0.2, 0) is 9.09 Å². The average molecular weight is 352 g/mol. The van der Waals surface area contributed by atoms with Crippen LogP contribution in [0.1, 0.15) is 6.92 Å². The molecule has 0 aliphatic rings. The van der Waals surface area contributed by atoms with Gasteiger partial charge in [0.25, 0.3) is 0 Å². The first-order chi connectivity index (χ1) is 11.2. The molecule has 3 aromatic carbocycles. The van der Waals surface area contributed by atoms with Gasteiger partial charge < -0.3 is 14.2 Å². The second-order valence-electron chi connectivity index (χ2n) is 4.99. The molecule has 1 atom stereocenters. The summed E-state index contributed by atoms with van der Waals surface area (Å²) in [6, 6.07) is 19.1. The van der Waals surface area contributed by atoms with Gasteiger partial charge in [-0.2, -0.15) is 0 Å². The summed E-state index contributed by atoms with van der Waals surface area (Å²) < 4.78 is 21.5. The van der Waals surface area contributed by atoms with E-state index in [1.165, 1.54) is 0 Å². The Morgan fingerprint density at radius 2 is 1.79 bits per heavy atom. The van der Waals surface area contributed by atoms with Gasteiger partial charge in [-0.25, -0.2) is 4.57 Å². The van der Waals surface area contributed by atoms with E-state index in [9.17, 15) is 9.67 Å². The first-order valence-corrected chi connectivity index (χ1v) is 8.57. The molecule has 0 heterocycles. The summed E-state index contributed by atoms with van der Waals surface area (Å²) in [4.78, 5) is 0. The third kappa shape index (κ3) is 4.21. The van der Waals surface area contributed by atoms with E-state index in [0.717, 1.165) is 21.9 Å². The zero-order chi connectivity index (χ0) is 16.2. The molecule has 1 N–H and O–H groups in total. The predicted octanol–water partition coefficient (Wildman–Crippen LogP) is 4.37. The molecule has 0 bridgehead atoms. The first kappa shape index (κ1) is 19.0. The maximum atomic E-state index is 11.5. The Morgan fingerprint density at radius 3 is 2.54 bits per heavy atom. The van der Waals surface area contributed by atoms with Gasteiger partial charge in [0, 0.05) is 0 Å². The van der Waals surface area contributed by atoms with Crippen LogP contribution >= 0.6 is 8.25 Å². The SMILES string of the molecule is CCO[PH](=O)Oc1ccc(-c2cccc3ccccc23)cc1O.[NaH]. The molecule has 0 saturated carbocycles. The fourth-order valence-electron chi connectivity index (χ4n) is 2.49. The second-order valence-corrected chi connectivity index (χ2v) is 5.99. The average Bonchev–Trinajstić information content (AvgIpc) is 2.56. The predicted molar refractivity (Wildman–Crippen MR) is 99.5 cm³/mol. The van der Waals surface area contributed by atoms with Crippen molar-refractivity contribution in [3.8, 4) is 22.6 Å². The molecular formula is C18H18NaO4P. The van der Waals surface area contributed by atoms with Crippen molar-refractivity contribution in [3.63, 3.8) is 0 Å². The molecule has 120 valence electrons. The van der Waals surface area contributed by atoms with Gasteiger partial charge in [-0.05, 0) is 41.0 Å². The molecule has 0 aromatic heterocycles. The number of hydrogen-bond donors (Lipinski definition) is 1. The topological polar surface area (TPSA) is 55.8 Å². The summed E-state index contributed by atoms with van der Waals surface area (Å²) in [5.41, 5.74) is 1.88. The summed E-state index contributed by atoms with van der Waals surface area (Å²) >= 11 is 0. The van der Waals surface area contributed by atoms with Crippen LogP contribution in [0.2, 0.25) is 0 Å². The molecule has 0 aliphatic carbocycles. The third-order valence-electron chi connectivity index (χ3n) is 3.52. The van der Waals surface area contributed by atoms with E-state index in [-0.39, 0.29) is 41.1 Å². The summed E-state index contributed by atoms with van der Waals surface area (Å²) in [6.45, 7) is 2.03. The summed E-state index contributed by atoms with van der Waals surface area (Å²) in [6.07, 6.45) is 0. The molecule has 1 unspecified atom stereocenters. The number of phenolic OH excluding ortho intramolecular Hbond substituents is 1. The Bertz CT molecular complexity index is 861. The van der Waals surface area contributed by atoms with Crippen molar-refractivity contribution in [3.05, 3.63) is 60.7 Å². The number of fused-ring (bicyclic) bond motifs is 1. The molecule has 6 heteroatoms. The first-order valence-electron chi connectivity index (χ1n) is 7.35. The van der Waals surface area contributed by atoms with Crippen LogP contribution < -0.4 is 4.52 Å². The molecule has 24 heavy (non-hydrogen) atoms. The molecule has 4 nitrogen and oxygen atoms in total. The number of benzene rings is 3. The van der Waals surface area contributed by atoms with Crippen LogP contribution in [0.4, 0.5) is 0 Å². The Morgan fingerprint density at radius 1 is 1.04 bits per heavy atom. The minimum absolute atomic E-state index is 0. The number of aromatic hydroxyl groups is 1. The van der Waals surface area contributed by atoms with Crippen LogP contribution in [0.3, 0.4) is 0 Å². The molecular weight excluding hydrogens is 334 g/mol. The molecule has 3 aromatic rings. The number of rotatable bonds is 5. The molecule has 0 amide bonds. The van der Waals surface area contributed by atoms with Gasteiger partial charge in [0.15, 0.2) is 11.5 Å². The standard InChI is InChI=1S/C18H17O4P.Na.H/c1-2-21-23(20)22-18-11-10-14(12-17(18)19)16-9-5-7-13-6-3-4-8-15(13)16;;/h3-12,19,23H,2H2,1H3;;. The van der Waals surface area contributed by atoms with Gasteiger partial charge in [-0.15, -0.1) is 0 Å². The van der Waals surface area contributed by atoms with E-state index in [0.29, 0.717) is 6.61 Å². The number of hydrogen-bond acceptors (Lipinski definition) is 4. The molecule has 0 aliphatic heterocycles. The van der Waals surface area contributed by atoms with E-state index in [4.69, 9.17) is 9.05 Å². The number of phenols is 1.